The molecule has 5 nitrogen and oxygen atoms in total. The maximum absolute atomic E-state index is 13.5. The van der Waals surface area contributed by atoms with Gasteiger partial charge in [0.15, 0.2) is 0 Å². The van der Waals surface area contributed by atoms with E-state index in [2.05, 4.69) is 65.6 Å². The van der Waals surface area contributed by atoms with Gasteiger partial charge in [0.2, 0.25) is 5.91 Å². The molecule has 0 fully saturated rings. The van der Waals surface area contributed by atoms with Crippen molar-refractivity contribution in [3.8, 4) is 0 Å². The summed E-state index contributed by atoms with van der Waals surface area (Å²) in [4.78, 5) is 19.2. The second-order valence-electron chi connectivity index (χ2n) is 8.52. The highest BCUT2D eigenvalue weighted by molar-refractivity contribution is 5.86. The Morgan fingerprint density at radius 1 is 1.16 bits per heavy atom. The van der Waals surface area contributed by atoms with Gasteiger partial charge in [-0.05, 0) is 50.8 Å². The molecule has 0 aliphatic carbocycles. The van der Waals surface area contributed by atoms with Crippen LogP contribution in [0.1, 0.15) is 51.9 Å². The Kier molecular flexibility index (Phi) is 4.89. The van der Waals surface area contributed by atoms with Crippen molar-refractivity contribution in [2.24, 2.45) is 0 Å². The first-order valence-corrected chi connectivity index (χ1v) is 10.9. The molecule has 1 aliphatic rings. The van der Waals surface area contributed by atoms with Crippen molar-refractivity contribution < 1.29 is 9.32 Å². The van der Waals surface area contributed by atoms with Crippen LogP contribution >= 0.6 is 0 Å². The van der Waals surface area contributed by atoms with E-state index < -0.39 is 0 Å². The number of amides is 1. The number of aromatic amines is 1. The highest BCUT2D eigenvalue weighted by atomic mass is 16.5. The molecule has 1 N–H and O–H groups in total. The number of nitrogens with one attached hydrogen (secondary N) is 1. The highest BCUT2D eigenvalue weighted by Gasteiger charge is 2.34. The first kappa shape index (κ1) is 19.6. The van der Waals surface area contributed by atoms with Gasteiger partial charge in [-0.15, -0.1) is 0 Å². The zero-order valence-corrected chi connectivity index (χ0v) is 18.2. The molecule has 5 heteroatoms. The number of rotatable bonds is 4. The summed E-state index contributed by atoms with van der Waals surface area (Å²) in [5.74, 6) is 0.966. The Labute approximate surface area is 182 Å². The predicted octanol–water partition coefficient (Wildman–Crippen LogP) is 5.19. The minimum Gasteiger partial charge on any atom is -0.361 e. The summed E-state index contributed by atoms with van der Waals surface area (Å²) in [6.07, 6.45) is 1.95. The molecule has 1 atom stereocenters. The maximum atomic E-state index is 13.5. The Bertz CT molecular complexity index is 1250. The third kappa shape index (κ3) is 3.44. The lowest BCUT2D eigenvalue weighted by Gasteiger charge is -2.36. The van der Waals surface area contributed by atoms with E-state index in [1.54, 1.807) is 0 Å². The van der Waals surface area contributed by atoms with E-state index in [4.69, 9.17) is 4.52 Å². The third-order valence-corrected chi connectivity index (χ3v) is 6.48. The molecule has 4 aromatic rings. The van der Waals surface area contributed by atoms with Gasteiger partial charge >= 0.3 is 0 Å². The molecule has 0 radical (unpaired) electrons. The summed E-state index contributed by atoms with van der Waals surface area (Å²) < 4.78 is 5.28. The fraction of sp³-hybridized carbons (Fsp3) is 0.308. The molecule has 158 valence electrons. The smallest absolute Gasteiger partial charge is 0.223 e. The summed E-state index contributed by atoms with van der Waals surface area (Å²) in [5, 5.41) is 5.29. The number of H-pyrrole nitrogens is 1. The Morgan fingerprint density at radius 2 is 2.00 bits per heavy atom. The fourth-order valence-electron chi connectivity index (χ4n) is 4.93. The number of aromatic nitrogens is 2. The average molecular weight is 414 g/mol. The van der Waals surface area contributed by atoms with Gasteiger partial charge in [-0.3, -0.25) is 4.79 Å². The van der Waals surface area contributed by atoms with Crippen LogP contribution in [0.4, 0.5) is 0 Å². The number of carbonyl (C=O) groups excluding carboxylic acids is 1. The molecule has 2 aromatic carbocycles. The van der Waals surface area contributed by atoms with Crippen molar-refractivity contribution >= 4 is 16.8 Å². The molecule has 1 aliphatic heterocycles. The van der Waals surface area contributed by atoms with Crippen LogP contribution in [-0.2, 0) is 17.6 Å². The van der Waals surface area contributed by atoms with E-state index in [-0.39, 0.29) is 11.9 Å². The number of hydrogen-bond acceptors (Lipinski definition) is 3. The van der Waals surface area contributed by atoms with Gasteiger partial charge in [0.05, 0.1) is 11.7 Å². The van der Waals surface area contributed by atoms with Crippen molar-refractivity contribution in [2.75, 3.05) is 6.54 Å². The minimum atomic E-state index is -0.104. The van der Waals surface area contributed by atoms with E-state index in [1.807, 2.05) is 18.7 Å². The predicted molar refractivity (Wildman–Crippen MR) is 121 cm³/mol. The van der Waals surface area contributed by atoms with Crippen LogP contribution in [0.5, 0.6) is 0 Å². The average Bonchev–Trinajstić information content (AvgIpc) is 3.30. The lowest BCUT2D eigenvalue weighted by atomic mass is 9.91. The van der Waals surface area contributed by atoms with Gasteiger partial charge < -0.3 is 14.4 Å². The monoisotopic (exact) mass is 413 g/mol. The molecule has 3 heterocycles. The number of aryl methyl sites for hydroxylation is 3. The molecule has 2 aromatic heterocycles. The van der Waals surface area contributed by atoms with Gasteiger partial charge in [0, 0.05) is 35.1 Å². The van der Waals surface area contributed by atoms with E-state index in [0.29, 0.717) is 19.4 Å². The number of carbonyl (C=O) groups is 1. The number of benzene rings is 2. The van der Waals surface area contributed by atoms with Gasteiger partial charge in [-0.1, -0.05) is 53.2 Å². The van der Waals surface area contributed by atoms with Crippen molar-refractivity contribution in [1.82, 2.24) is 15.0 Å². The van der Waals surface area contributed by atoms with Crippen LogP contribution in [0.3, 0.4) is 0 Å². The Morgan fingerprint density at radius 3 is 2.77 bits per heavy atom. The van der Waals surface area contributed by atoms with Crippen molar-refractivity contribution in [3.63, 3.8) is 0 Å². The standard InChI is InChI=1S/C26H27N3O2/c1-16-7-6-8-19(15-16)26-25-22(21-9-4-5-10-23(21)27-25)13-14-29(26)24(30)12-11-20-17(2)28-31-18(20)3/h4-10,15,26-27H,11-14H2,1-3H3. The fourth-order valence-corrected chi connectivity index (χ4v) is 4.93. The van der Waals surface area contributed by atoms with E-state index in [1.165, 1.54) is 16.5 Å². The van der Waals surface area contributed by atoms with Gasteiger partial charge in [0.25, 0.3) is 0 Å². The van der Waals surface area contributed by atoms with E-state index in [0.717, 1.165) is 40.2 Å². The molecule has 5 rings (SSSR count). The van der Waals surface area contributed by atoms with Crippen LogP contribution < -0.4 is 0 Å². The summed E-state index contributed by atoms with van der Waals surface area (Å²) in [6.45, 7) is 6.66. The minimum absolute atomic E-state index is 0.104. The lowest BCUT2D eigenvalue weighted by Crippen LogP contribution is -2.40. The second-order valence-corrected chi connectivity index (χ2v) is 8.52. The molecule has 1 amide bonds. The lowest BCUT2D eigenvalue weighted by molar-refractivity contribution is -0.133. The first-order valence-electron chi connectivity index (χ1n) is 10.9. The van der Waals surface area contributed by atoms with Crippen LogP contribution in [0.15, 0.2) is 53.1 Å². The zero-order chi connectivity index (χ0) is 21.5. The van der Waals surface area contributed by atoms with Crippen LogP contribution in [0.2, 0.25) is 0 Å². The number of fused-ring (bicyclic) bond motifs is 3. The van der Waals surface area contributed by atoms with E-state index >= 15 is 0 Å². The second kappa shape index (κ2) is 7.73. The number of nitrogens with zero attached hydrogens (tertiary/aromatic N) is 2. The zero-order valence-electron chi connectivity index (χ0n) is 18.2. The Balaban J connectivity index is 1.52. The normalized spacial score (nSPS) is 16.0. The summed E-state index contributed by atoms with van der Waals surface area (Å²) in [6, 6.07) is 16.8. The maximum Gasteiger partial charge on any atom is 0.223 e. The van der Waals surface area contributed by atoms with Crippen LogP contribution in [0, 0.1) is 20.8 Å². The molecule has 0 saturated heterocycles. The topological polar surface area (TPSA) is 62.1 Å². The van der Waals surface area contributed by atoms with E-state index in [9.17, 15) is 4.79 Å². The van der Waals surface area contributed by atoms with Crippen molar-refractivity contribution in [2.45, 2.75) is 46.1 Å². The summed E-state index contributed by atoms with van der Waals surface area (Å²) in [7, 11) is 0. The number of hydrogen-bond donors (Lipinski definition) is 1. The molecular formula is C26H27N3O2. The molecule has 31 heavy (non-hydrogen) atoms. The molecule has 0 spiro atoms. The molecule has 0 bridgehead atoms. The largest absolute Gasteiger partial charge is 0.361 e. The molecule has 1 unspecified atom stereocenters. The summed E-state index contributed by atoms with van der Waals surface area (Å²) >= 11 is 0. The summed E-state index contributed by atoms with van der Waals surface area (Å²) in [5.41, 5.74) is 7.87. The quantitative estimate of drug-likeness (QED) is 0.501. The third-order valence-electron chi connectivity index (χ3n) is 6.48. The first-order chi connectivity index (χ1) is 15.0. The SMILES string of the molecule is Cc1cccc(C2c3[nH]c4ccccc4c3CCN2C(=O)CCc2c(C)noc2C)c1. The van der Waals surface area contributed by atoms with Crippen LogP contribution in [-0.4, -0.2) is 27.5 Å². The van der Waals surface area contributed by atoms with Crippen molar-refractivity contribution in [1.29, 1.82) is 0 Å². The highest BCUT2D eigenvalue weighted by Crippen LogP contribution is 2.39. The number of para-hydroxylation sites is 1. The van der Waals surface area contributed by atoms with Gasteiger partial charge in [-0.25, -0.2) is 0 Å². The van der Waals surface area contributed by atoms with Crippen LogP contribution in [0.25, 0.3) is 10.9 Å². The Hall–Kier alpha value is -3.34. The molecular weight excluding hydrogens is 386 g/mol. The van der Waals surface area contributed by atoms with Gasteiger partial charge in [0.1, 0.15) is 5.76 Å². The van der Waals surface area contributed by atoms with Gasteiger partial charge in [-0.2, -0.15) is 0 Å². The van der Waals surface area contributed by atoms with Crippen molar-refractivity contribution in [3.05, 3.63) is 87.9 Å². The molecule has 0 saturated carbocycles.